The van der Waals surface area contributed by atoms with Crippen molar-refractivity contribution in [1.29, 1.82) is 0 Å². The van der Waals surface area contributed by atoms with Crippen LogP contribution in [-0.4, -0.2) is 22.4 Å². The minimum absolute atomic E-state index is 0.147. The van der Waals surface area contributed by atoms with Gasteiger partial charge < -0.3 is 16.0 Å². The molecule has 1 amide bonds. The average Bonchev–Trinajstić information content (AvgIpc) is 2.97. The summed E-state index contributed by atoms with van der Waals surface area (Å²) in [5, 5.41) is 5.47. The second-order valence-electron chi connectivity index (χ2n) is 3.57. The van der Waals surface area contributed by atoms with Gasteiger partial charge in [-0.15, -0.1) is 11.3 Å². The number of thiazole rings is 1. The van der Waals surface area contributed by atoms with Crippen molar-refractivity contribution in [2.24, 2.45) is 5.73 Å². The molecule has 0 aliphatic carbocycles. The second kappa shape index (κ2) is 5.60. The number of hydrogen-bond donors (Lipinski definition) is 3. The minimum atomic E-state index is -0.147. The highest BCUT2D eigenvalue weighted by Crippen LogP contribution is 2.10. The van der Waals surface area contributed by atoms with Crippen molar-refractivity contribution in [2.45, 2.75) is 13.0 Å². The summed E-state index contributed by atoms with van der Waals surface area (Å²) in [6.45, 7) is 1.06. The number of aromatic nitrogens is 2. The summed E-state index contributed by atoms with van der Waals surface area (Å²) < 4.78 is 0. The topological polar surface area (TPSA) is 83.8 Å². The molecule has 5 nitrogen and oxygen atoms in total. The Morgan fingerprint density at radius 3 is 3.18 bits per heavy atom. The van der Waals surface area contributed by atoms with Crippen LogP contribution in [0.5, 0.6) is 0 Å². The maximum Gasteiger partial charge on any atom is 0.271 e. The molecule has 0 spiro atoms. The third kappa shape index (κ3) is 3.15. The fraction of sp³-hybridized carbons (Fsp3) is 0.273. The smallest absolute Gasteiger partial charge is 0.271 e. The largest absolute Gasteiger partial charge is 0.367 e. The second-order valence-corrected chi connectivity index (χ2v) is 4.51. The SMILES string of the molecule is NCCc1nc(C(=O)NCc2cc[nH]c2)cs1. The maximum atomic E-state index is 11.7. The number of aromatic amines is 1. The minimum Gasteiger partial charge on any atom is -0.367 e. The Kier molecular flexibility index (Phi) is 3.89. The van der Waals surface area contributed by atoms with Crippen molar-refractivity contribution in [3.8, 4) is 0 Å². The van der Waals surface area contributed by atoms with Crippen molar-refractivity contribution in [3.63, 3.8) is 0 Å². The van der Waals surface area contributed by atoms with Crippen LogP contribution in [0.1, 0.15) is 21.1 Å². The van der Waals surface area contributed by atoms with Crippen molar-refractivity contribution in [3.05, 3.63) is 40.1 Å². The third-order valence-corrected chi connectivity index (χ3v) is 3.17. The molecule has 0 bridgehead atoms. The lowest BCUT2D eigenvalue weighted by molar-refractivity contribution is 0.0946. The zero-order valence-electron chi connectivity index (χ0n) is 9.27. The van der Waals surface area contributed by atoms with Crippen molar-refractivity contribution >= 4 is 17.2 Å². The first kappa shape index (κ1) is 11.8. The highest BCUT2D eigenvalue weighted by atomic mass is 32.1. The fourth-order valence-corrected chi connectivity index (χ4v) is 2.19. The van der Waals surface area contributed by atoms with Gasteiger partial charge >= 0.3 is 0 Å². The van der Waals surface area contributed by atoms with Crippen LogP contribution in [0.4, 0.5) is 0 Å². The van der Waals surface area contributed by atoms with Gasteiger partial charge in [0.15, 0.2) is 0 Å². The molecule has 6 heteroatoms. The van der Waals surface area contributed by atoms with E-state index in [4.69, 9.17) is 5.73 Å². The van der Waals surface area contributed by atoms with Gasteiger partial charge in [-0.3, -0.25) is 4.79 Å². The van der Waals surface area contributed by atoms with Crippen LogP contribution in [0.25, 0.3) is 0 Å². The fourth-order valence-electron chi connectivity index (χ4n) is 1.39. The number of carbonyl (C=O) groups is 1. The molecule has 2 rings (SSSR count). The predicted octanol–water partition coefficient (Wildman–Crippen LogP) is 0.902. The summed E-state index contributed by atoms with van der Waals surface area (Å²) in [5.41, 5.74) is 6.94. The van der Waals surface area contributed by atoms with Gasteiger partial charge in [0.1, 0.15) is 5.69 Å². The summed E-state index contributed by atoms with van der Waals surface area (Å²) in [6, 6.07) is 1.92. The van der Waals surface area contributed by atoms with Gasteiger partial charge in [-0.05, 0) is 18.2 Å². The van der Waals surface area contributed by atoms with E-state index in [2.05, 4.69) is 15.3 Å². The van der Waals surface area contributed by atoms with Gasteiger partial charge in [-0.1, -0.05) is 0 Å². The summed E-state index contributed by atoms with van der Waals surface area (Å²) in [7, 11) is 0. The summed E-state index contributed by atoms with van der Waals surface area (Å²) in [4.78, 5) is 18.9. The van der Waals surface area contributed by atoms with E-state index in [-0.39, 0.29) is 5.91 Å². The lowest BCUT2D eigenvalue weighted by Gasteiger charge is -2.00. The van der Waals surface area contributed by atoms with E-state index >= 15 is 0 Å². The van der Waals surface area contributed by atoms with Crippen LogP contribution in [0.3, 0.4) is 0 Å². The Morgan fingerprint density at radius 1 is 1.59 bits per heavy atom. The average molecular weight is 250 g/mol. The first-order chi connectivity index (χ1) is 8.29. The summed E-state index contributed by atoms with van der Waals surface area (Å²) in [6.07, 6.45) is 4.39. The number of nitrogens with one attached hydrogen (secondary N) is 2. The molecule has 0 atom stereocenters. The van der Waals surface area contributed by atoms with Gasteiger partial charge in [0.2, 0.25) is 0 Å². The van der Waals surface area contributed by atoms with Crippen LogP contribution in [0, 0.1) is 0 Å². The zero-order chi connectivity index (χ0) is 12.1. The van der Waals surface area contributed by atoms with Crippen LogP contribution >= 0.6 is 11.3 Å². The van der Waals surface area contributed by atoms with E-state index in [0.717, 1.165) is 17.0 Å². The van der Waals surface area contributed by atoms with Crippen LogP contribution in [0.2, 0.25) is 0 Å². The predicted molar refractivity (Wildman–Crippen MR) is 66.8 cm³/mol. The Hall–Kier alpha value is -1.66. The van der Waals surface area contributed by atoms with Gasteiger partial charge in [0, 0.05) is 30.7 Å². The van der Waals surface area contributed by atoms with Crippen molar-refractivity contribution in [2.75, 3.05) is 6.54 Å². The normalized spacial score (nSPS) is 10.4. The molecule has 0 radical (unpaired) electrons. The standard InChI is InChI=1S/C11H14N4OS/c12-3-1-10-15-9(7-17-10)11(16)14-6-8-2-4-13-5-8/h2,4-5,7,13H,1,3,6,12H2,(H,14,16). The highest BCUT2D eigenvalue weighted by Gasteiger charge is 2.09. The number of hydrogen-bond acceptors (Lipinski definition) is 4. The number of amides is 1. The van der Waals surface area contributed by atoms with Gasteiger partial charge in [0.25, 0.3) is 5.91 Å². The van der Waals surface area contributed by atoms with Gasteiger partial charge in [-0.25, -0.2) is 4.98 Å². The lowest BCUT2D eigenvalue weighted by Crippen LogP contribution is -2.22. The molecule has 0 aliphatic heterocycles. The van der Waals surface area contributed by atoms with Crippen molar-refractivity contribution < 1.29 is 4.79 Å². The molecule has 0 aromatic carbocycles. The molecule has 0 aliphatic rings. The van der Waals surface area contributed by atoms with E-state index < -0.39 is 0 Å². The number of carbonyl (C=O) groups excluding carboxylic acids is 1. The Bertz CT molecular complexity index is 477. The third-order valence-electron chi connectivity index (χ3n) is 2.26. The van der Waals surface area contributed by atoms with Crippen LogP contribution in [0.15, 0.2) is 23.8 Å². The molecular formula is C11H14N4OS. The molecule has 0 unspecified atom stereocenters. The van der Waals surface area contributed by atoms with Crippen molar-refractivity contribution in [1.82, 2.24) is 15.3 Å². The quantitative estimate of drug-likeness (QED) is 0.737. The Morgan fingerprint density at radius 2 is 2.47 bits per heavy atom. The number of H-pyrrole nitrogens is 1. The summed E-state index contributed by atoms with van der Waals surface area (Å²) in [5.74, 6) is -0.147. The van der Waals surface area contributed by atoms with E-state index in [1.807, 2.05) is 18.5 Å². The zero-order valence-corrected chi connectivity index (χ0v) is 10.1. The molecule has 17 heavy (non-hydrogen) atoms. The van der Waals surface area contributed by atoms with Crippen LogP contribution < -0.4 is 11.1 Å². The first-order valence-corrected chi connectivity index (χ1v) is 6.22. The lowest BCUT2D eigenvalue weighted by atomic mass is 10.3. The van der Waals surface area contributed by atoms with E-state index in [0.29, 0.717) is 18.8 Å². The van der Waals surface area contributed by atoms with Gasteiger partial charge in [-0.2, -0.15) is 0 Å². The highest BCUT2D eigenvalue weighted by molar-refractivity contribution is 7.09. The maximum absolute atomic E-state index is 11.7. The number of rotatable bonds is 5. The Labute approximate surface area is 103 Å². The molecule has 2 heterocycles. The first-order valence-electron chi connectivity index (χ1n) is 5.34. The monoisotopic (exact) mass is 250 g/mol. The van der Waals surface area contributed by atoms with Crippen LogP contribution in [-0.2, 0) is 13.0 Å². The van der Waals surface area contributed by atoms with Gasteiger partial charge in [0.05, 0.1) is 5.01 Å². The molecule has 90 valence electrons. The van der Waals surface area contributed by atoms with E-state index in [1.165, 1.54) is 11.3 Å². The molecule has 2 aromatic rings. The molecule has 4 N–H and O–H groups in total. The summed E-state index contributed by atoms with van der Waals surface area (Å²) >= 11 is 1.47. The molecule has 2 aromatic heterocycles. The molecule has 0 saturated carbocycles. The molecule has 0 saturated heterocycles. The van der Waals surface area contributed by atoms with E-state index in [9.17, 15) is 4.79 Å². The molecular weight excluding hydrogens is 236 g/mol. The molecule has 0 fully saturated rings. The number of nitrogens with zero attached hydrogens (tertiary/aromatic N) is 1. The Balaban J connectivity index is 1.90. The number of nitrogens with two attached hydrogens (primary N) is 1. The van der Waals surface area contributed by atoms with E-state index in [1.54, 1.807) is 5.38 Å².